The van der Waals surface area contributed by atoms with Gasteiger partial charge in [0.25, 0.3) is 0 Å². The molecule has 1 aromatic carbocycles. The number of phenols is 2. The Morgan fingerprint density at radius 2 is 1.12 bits per heavy atom. The summed E-state index contributed by atoms with van der Waals surface area (Å²) in [5.41, 5.74) is 0.486. The molecule has 4 N–H and O–H groups in total. The largest absolute Gasteiger partial charge is 0.504 e. The van der Waals surface area contributed by atoms with Gasteiger partial charge < -0.3 is 20.4 Å². The smallest absolute Gasteiger partial charge is 0.309 e. The van der Waals surface area contributed by atoms with Crippen molar-refractivity contribution in [1.29, 1.82) is 0 Å². The molecule has 0 saturated heterocycles. The van der Waals surface area contributed by atoms with Crippen molar-refractivity contribution in [2.24, 2.45) is 10.8 Å². The Bertz CT molecular complexity index is 751. The lowest BCUT2D eigenvalue weighted by atomic mass is 9.86. The van der Waals surface area contributed by atoms with Crippen LogP contribution in [0.3, 0.4) is 0 Å². The van der Waals surface area contributed by atoms with Crippen molar-refractivity contribution in [2.45, 2.75) is 105 Å². The molecule has 0 aliphatic heterocycles. The number of benzene rings is 1. The molecule has 0 atom stereocenters. The van der Waals surface area contributed by atoms with Crippen molar-refractivity contribution in [1.82, 2.24) is 0 Å². The van der Waals surface area contributed by atoms with Crippen molar-refractivity contribution >= 4 is 11.9 Å². The van der Waals surface area contributed by atoms with Crippen LogP contribution in [-0.4, -0.2) is 32.4 Å². The van der Waals surface area contributed by atoms with Crippen molar-refractivity contribution in [3.8, 4) is 11.5 Å². The molecule has 0 amide bonds. The number of unbranched alkanes of at least 4 members (excludes halogenated alkanes) is 6. The highest BCUT2D eigenvalue weighted by Crippen LogP contribution is 2.34. The van der Waals surface area contributed by atoms with Crippen molar-refractivity contribution in [3.63, 3.8) is 0 Å². The minimum absolute atomic E-state index is 0.0299. The average molecular weight is 451 g/mol. The number of rotatable bonds is 16. The van der Waals surface area contributed by atoms with Gasteiger partial charge in [0, 0.05) is 5.56 Å². The van der Waals surface area contributed by atoms with E-state index in [0.29, 0.717) is 19.3 Å². The number of carboxylic acids is 2. The zero-order valence-electron chi connectivity index (χ0n) is 20.2. The number of aromatic hydroxyl groups is 2. The maximum Gasteiger partial charge on any atom is 0.309 e. The van der Waals surface area contributed by atoms with E-state index in [0.717, 1.165) is 68.9 Å². The molecule has 32 heavy (non-hydrogen) atoms. The first-order valence-electron chi connectivity index (χ1n) is 11.9. The highest BCUT2D eigenvalue weighted by Gasteiger charge is 2.26. The monoisotopic (exact) mass is 450 g/mol. The number of phenolic OH excluding ortho intramolecular Hbond substituents is 2. The third kappa shape index (κ3) is 9.09. The van der Waals surface area contributed by atoms with Crippen molar-refractivity contribution in [2.75, 3.05) is 0 Å². The van der Waals surface area contributed by atoms with E-state index in [4.69, 9.17) is 0 Å². The van der Waals surface area contributed by atoms with E-state index in [-0.39, 0.29) is 11.5 Å². The van der Waals surface area contributed by atoms with Crippen LogP contribution in [-0.2, 0) is 22.4 Å². The highest BCUT2D eigenvalue weighted by molar-refractivity contribution is 5.73. The summed E-state index contributed by atoms with van der Waals surface area (Å²) >= 11 is 0. The lowest BCUT2D eigenvalue weighted by Crippen LogP contribution is -2.23. The molecule has 6 nitrogen and oxygen atoms in total. The first-order valence-corrected chi connectivity index (χ1v) is 11.9. The van der Waals surface area contributed by atoms with Gasteiger partial charge in [-0.25, -0.2) is 0 Å². The van der Waals surface area contributed by atoms with E-state index in [1.807, 2.05) is 6.07 Å². The molecule has 0 fully saturated rings. The van der Waals surface area contributed by atoms with Gasteiger partial charge in [-0.15, -0.1) is 0 Å². The van der Waals surface area contributed by atoms with Crippen LogP contribution in [0, 0.1) is 10.8 Å². The second-order valence-corrected chi connectivity index (χ2v) is 10.3. The maximum absolute atomic E-state index is 11.2. The lowest BCUT2D eigenvalue weighted by Gasteiger charge is -2.18. The Morgan fingerprint density at radius 3 is 1.59 bits per heavy atom. The SMILES string of the molecule is CC(C)(CCCCCCc1ccc(O)c(O)c1CCCCCCC(C)(C)C(=O)O)C(=O)O. The number of carbonyl (C=O) groups is 2. The molecule has 1 rings (SSSR count). The van der Waals surface area contributed by atoms with Gasteiger partial charge in [-0.2, -0.15) is 0 Å². The number of hydrogen-bond acceptors (Lipinski definition) is 4. The minimum Gasteiger partial charge on any atom is -0.504 e. The third-order valence-electron chi connectivity index (χ3n) is 6.49. The number of carboxylic acid groups (broad SMARTS) is 2. The molecule has 1 aromatic rings. The van der Waals surface area contributed by atoms with Gasteiger partial charge >= 0.3 is 11.9 Å². The zero-order chi connectivity index (χ0) is 24.4. The molecule has 0 bridgehead atoms. The average Bonchev–Trinajstić information content (AvgIpc) is 2.70. The van der Waals surface area contributed by atoms with Crippen molar-refractivity contribution < 1.29 is 30.0 Å². The Labute approximate surface area is 192 Å². The van der Waals surface area contributed by atoms with Gasteiger partial charge in [-0.3, -0.25) is 9.59 Å². The standard InChI is InChI=1S/C26H42O6/c1-25(2,23(29)30)17-11-7-5-9-13-19-15-16-21(27)22(28)20(19)14-10-6-8-12-18-26(3,4)24(31)32/h15-16,27-28H,5-14,17-18H2,1-4H3,(H,29,30)(H,31,32). The summed E-state index contributed by atoms with van der Waals surface area (Å²) in [5.74, 6) is -1.65. The van der Waals surface area contributed by atoms with E-state index in [1.165, 1.54) is 6.07 Å². The number of aliphatic carboxylic acids is 2. The maximum atomic E-state index is 11.2. The quantitative estimate of drug-likeness (QED) is 0.173. The molecule has 0 aliphatic rings. The first kappa shape index (κ1) is 27.8. The van der Waals surface area contributed by atoms with E-state index in [9.17, 15) is 30.0 Å². The number of hydrogen-bond donors (Lipinski definition) is 4. The summed E-state index contributed by atoms with van der Waals surface area (Å²) in [6.45, 7) is 7.01. The summed E-state index contributed by atoms with van der Waals surface area (Å²) in [5, 5.41) is 38.6. The van der Waals surface area contributed by atoms with Gasteiger partial charge in [0.15, 0.2) is 11.5 Å². The molecular formula is C26H42O6. The fourth-order valence-electron chi connectivity index (χ4n) is 3.85. The van der Waals surface area contributed by atoms with Gasteiger partial charge in [0.05, 0.1) is 10.8 Å². The van der Waals surface area contributed by atoms with Crippen LogP contribution in [0.5, 0.6) is 11.5 Å². The lowest BCUT2D eigenvalue weighted by molar-refractivity contribution is -0.148. The summed E-state index contributed by atoms with van der Waals surface area (Å²) in [7, 11) is 0. The van der Waals surface area contributed by atoms with Crippen molar-refractivity contribution in [3.05, 3.63) is 23.3 Å². The van der Waals surface area contributed by atoms with Crippen LogP contribution in [0.25, 0.3) is 0 Å². The van der Waals surface area contributed by atoms with E-state index in [2.05, 4.69) is 0 Å². The molecule has 0 aromatic heterocycles. The second kappa shape index (κ2) is 12.7. The van der Waals surface area contributed by atoms with Gasteiger partial charge in [-0.1, -0.05) is 44.6 Å². The molecule has 0 unspecified atom stereocenters. The van der Waals surface area contributed by atoms with E-state index in [1.54, 1.807) is 27.7 Å². The predicted molar refractivity (Wildman–Crippen MR) is 126 cm³/mol. The molecular weight excluding hydrogens is 408 g/mol. The number of aryl methyl sites for hydroxylation is 1. The fourth-order valence-corrected chi connectivity index (χ4v) is 3.85. The summed E-state index contributed by atoms with van der Waals surface area (Å²) in [6, 6.07) is 3.42. The molecule has 0 saturated carbocycles. The summed E-state index contributed by atoms with van der Waals surface area (Å²) in [4.78, 5) is 22.3. The van der Waals surface area contributed by atoms with Crippen LogP contribution in [0.1, 0.15) is 103 Å². The zero-order valence-corrected chi connectivity index (χ0v) is 20.2. The van der Waals surface area contributed by atoms with Gasteiger partial charge in [0.2, 0.25) is 0 Å². The van der Waals surface area contributed by atoms with Crippen LogP contribution < -0.4 is 0 Å². The molecule has 0 heterocycles. The van der Waals surface area contributed by atoms with E-state index >= 15 is 0 Å². The highest BCUT2D eigenvalue weighted by atomic mass is 16.4. The van der Waals surface area contributed by atoms with Crippen LogP contribution in [0.2, 0.25) is 0 Å². The molecule has 182 valence electrons. The topological polar surface area (TPSA) is 115 Å². The Morgan fingerprint density at radius 1 is 0.688 bits per heavy atom. The van der Waals surface area contributed by atoms with E-state index < -0.39 is 22.8 Å². The molecule has 0 aliphatic carbocycles. The minimum atomic E-state index is -0.766. The van der Waals surface area contributed by atoms with Crippen LogP contribution in [0.15, 0.2) is 12.1 Å². The fraction of sp³-hybridized carbons (Fsp3) is 0.692. The molecule has 0 radical (unpaired) electrons. The summed E-state index contributed by atoms with van der Waals surface area (Å²) in [6.07, 6.45) is 10.2. The molecule has 6 heteroatoms. The van der Waals surface area contributed by atoms with Gasteiger partial charge in [0.1, 0.15) is 0 Å². The Hall–Kier alpha value is -2.24. The van der Waals surface area contributed by atoms with Gasteiger partial charge in [-0.05, 0) is 77.8 Å². The Balaban J connectivity index is 2.45. The predicted octanol–water partition coefficient (Wildman–Crippen LogP) is 6.31. The normalized spacial score (nSPS) is 12.1. The molecule has 0 spiro atoms. The Kier molecular flexibility index (Phi) is 11.0. The first-order chi connectivity index (χ1) is 14.9. The second-order valence-electron chi connectivity index (χ2n) is 10.3. The summed E-state index contributed by atoms with van der Waals surface area (Å²) < 4.78 is 0. The third-order valence-corrected chi connectivity index (χ3v) is 6.49. The van der Waals surface area contributed by atoms with Crippen LogP contribution in [0.4, 0.5) is 0 Å². The van der Waals surface area contributed by atoms with Crippen LogP contribution >= 0.6 is 0 Å².